The number of nitrogens with zero attached hydrogens (tertiary/aromatic N) is 9. The molecule has 3 heterocycles. The number of aromatic nitrogens is 9. The maximum Gasteiger partial charge on any atom is 0.164 e. The van der Waals surface area contributed by atoms with Gasteiger partial charge in [-0.3, -0.25) is 0 Å². The fourth-order valence-corrected chi connectivity index (χ4v) is 20.4. The summed E-state index contributed by atoms with van der Waals surface area (Å²) in [6, 6.07) is 173. The predicted octanol–water partition coefficient (Wildman–Crippen LogP) is 33.8. The van der Waals surface area contributed by atoms with Gasteiger partial charge in [0, 0.05) is 60.9 Å². The van der Waals surface area contributed by atoms with Crippen molar-refractivity contribution in [1.82, 2.24) is 44.9 Å². The molecule has 0 atom stereocenters. The maximum atomic E-state index is 5.11. The van der Waals surface area contributed by atoms with Crippen LogP contribution in [0.1, 0.15) is 49.9 Å². The molecule has 24 aromatic rings. The molecule has 0 unspecified atom stereocenters. The van der Waals surface area contributed by atoms with E-state index in [1.807, 2.05) is 36.4 Å². The van der Waals surface area contributed by atoms with Crippen LogP contribution in [0.3, 0.4) is 0 Å². The van der Waals surface area contributed by atoms with Crippen molar-refractivity contribution < 1.29 is 0 Å². The van der Waals surface area contributed by atoms with Gasteiger partial charge in [-0.15, -0.1) is 0 Å². The lowest BCUT2D eigenvalue weighted by Crippen LogP contribution is -2.15. The van der Waals surface area contributed by atoms with E-state index in [1.54, 1.807) is 0 Å². The summed E-state index contributed by atoms with van der Waals surface area (Å²) in [4.78, 5) is 45.6. The van der Waals surface area contributed by atoms with Crippen molar-refractivity contribution in [2.24, 2.45) is 0 Å². The van der Waals surface area contributed by atoms with Crippen molar-refractivity contribution in [3.8, 4) is 192 Å². The number of benzene rings is 21. The highest BCUT2D eigenvalue weighted by Gasteiger charge is 2.38. The van der Waals surface area contributed by atoms with Crippen LogP contribution in [0.15, 0.2) is 491 Å². The average molecular weight is 1820 g/mol. The smallest absolute Gasteiger partial charge is 0.164 e. The van der Waals surface area contributed by atoms with Crippen molar-refractivity contribution in [3.05, 3.63) is 514 Å². The van der Waals surface area contributed by atoms with E-state index in [0.717, 1.165) is 83.5 Å². The zero-order valence-electron chi connectivity index (χ0n) is 78.8. The number of fused-ring (bicyclic) bond motifs is 13. The third-order valence-electron chi connectivity index (χ3n) is 28.1. The lowest BCUT2D eigenvalue weighted by molar-refractivity contribution is 0.660. The largest absolute Gasteiger partial charge is 0.208 e. The van der Waals surface area contributed by atoms with E-state index in [2.05, 4.69) is 483 Å². The standard InChI is InChI=1S/C46H33N3.C45H29N3.C42H31N3/c1-46(2)41-29-38(25-26-39(41)40-27-36-15-9-10-16-37(36)28-42(40)46)45-48-43(34-21-17-32(18-22-34)30-11-5-3-6-12-30)47-44(49-45)35-23-19-33(20-24-35)31-13-7-4-8-14-31;1-3-11-30(12-4-1)32-19-23-34(24-20-32)43-46-44(35-25-21-33(22-26-35)31-13-5-2-6-14-31)48-45(47-43)36-27-28-41-39-17-8-7-15-37(39)38-16-9-10-18-40(38)42(41)29-36;1-42(2)37-16-10-9-15-35(37)36-26-25-34(27-38(36)42)41-44-39(32-21-17-30(18-22-32)28-11-5-3-6-12-28)43-40(45-41)33-23-19-31(20-24-33)29-13-7-4-8-14-29/h3-29H,1-2H3;1-29H;3-27H,1-2H3. The van der Waals surface area contributed by atoms with Gasteiger partial charge in [-0.25, -0.2) is 44.9 Å². The average Bonchev–Trinajstić information content (AvgIpc) is 1.55. The lowest BCUT2D eigenvalue weighted by atomic mass is 9.81. The number of rotatable bonds is 15. The second kappa shape index (κ2) is 37.0. The van der Waals surface area contributed by atoms with Gasteiger partial charge in [-0.05, 0) is 185 Å². The van der Waals surface area contributed by atoms with Crippen LogP contribution >= 0.6 is 0 Å². The zero-order valence-corrected chi connectivity index (χ0v) is 78.8. The van der Waals surface area contributed by atoms with Gasteiger partial charge in [-0.2, -0.15) is 0 Å². The van der Waals surface area contributed by atoms with E-state index >= 15 is 0 Å². The molecule has 0 amide bonds. The topological polar surface area (TPSA) is 116 Å². The van der Waals surface area contributed by atoms with E-state index in [4.69, 9.17) is 44.9 Å². The first-order valence-corrected chi connectivity index (χ1v) is 48.3. The van der Waals surface area contributed by atoms with Gasteiger partial charge in [0.05, 0.1) is 0 Å². The van der Waals surface area contributed by atoms with E-state index in [1.165, 1.54) is 121 Å². The Kier molecular flexibility index (Phi) is 22.5. The molecule has 0 spiro atoms. The summed E-state index contributed by atoms with van der Waals surface area (Å²) >= 11 is 0. The Bertz CT molecular complexity index is 8510. The molecule has 0 saturated heterocycles. The molecule has 0 fully saturated rings. The molecule has 9 nitrogen and oxygen atoms in total. The summed E-state index contributed by atoms with van der Waals surface area (Å²) in [5, 5.41) is 9.90. The van der Waals surface area contributed by atoms with Crippen LogP contribution in [0.25, 0.3) is 235 Å². The molecule has 670 valence electrons. The first-order chi connectivity index (χ1) is 69.8. The van der Waals surface area contributed by atoms with Crippen LogP contribution in [0, 0.1) is 0 Å². The zero-order chi connectivity index (χ0) is 95.2. The highest BCUT2D eigenvalue weighted by atomic mass is 15.1. The highest BCUT2D eigenvalue weighted by molar-refractivity contribution is 6.26. The summed E-state index contributed by atoms with van der Waals surface area (Å²) < 4.78 is 0. The Balaban J connectivity index is 0.000000115. The SMILES string of the molecule is CC1(C)c2cc(-c3nc(-c4ccc(-c5ccccc5)cc4)nc(-c4ccc(-c5ccccc5)cc4)n3)ccc2-c2cc3ccccc3cc21.CC1(C)c2ccccc2-c2ccc(-c3nc(-c4ccc(-c5ccccc5)cc4)nc(-c4ccc(-c5ccccc5)cc4)n3)cc21.c1ccc(-c2ccc(-c3nc(-c4ccc(-c5ccccc5)cc4)nc(-c4ccc5c6ccccc6c6ccccc6c5c4)n3)cc2)cc1. The molecule has 0 aliphatic heterocycles. The van der Waals surface area contributed by atoms with Gasteiger partial charge in [-0.1, -0.05) is 489 Å². The molecule has 0 radical (unpaired) electrons. The maximum absolute atomic E-state index is 5.11. The second-order valence-corrected chi connectivity index (χ2v) is 37.5. The Morgan fingerprint density at radius 3 is 0.620 bits per heavy atom. The molecule has 2 aliphatic carbocycles. The number of hydrogen-bond acceptors (Lipinski definition) is 9. The molecule has 0 saturated carbocycles. The van der Waals surface area contributed by atoms with E-state index in [9.17, 15) is 0 Å². The van der Waals surface area contributed by atoms with Crippen molar-refractivity contribution in [1.29, 1.82) is 0 Å². The molecule has 26 rings (SSSR count). The van der Waals surface area contributed by atoms with Crippen molar-refractivity contribution >= 4 is 43.1 Å². The molecule has 142 heavy (non-hydrogen) atoms. The molecule has 3 aromatic heterocycles. The van der Waals surface area contributed by atoms with Crippen LogP contribution in [0.4, 0.5) is 0 Å². The summed E-state index contributed by atoms with van der Waals surface area (Å²) in [5.41, 5.74) is 32.8. The monoisotopic (exact) mass is 1820 g/mol. The normalized spacial score (nSPS) is 12.3. The highest BCUT2D eigenvalue weighted by Crippen LogP contribution is 2.53. The van der Waals surface area contributed by atoms with E-state index < -0.39 is 0 Å². The fourth-order valence-electron chi connectivity index (χ4n) is 20.4. The minimum Gasteiger partial charge on any atom is -0.208 e. The quantitative estimate of drug-likeness (QED) is 0.0925. The van der Waals surface area contributed by atoms with Crippen LogP contribution in [0.2, 0.25) is 0 Å². The summed E-state index contributed by atoms with van der Waals surface area (Å²) in [7, 11) is 0. The summed E-state index contributed by atoms with van der Waals surface area (Å²) in [5.74, 6) is 5.89. The Labute approximate surface area is 825 Å². The van der Waals surface area contributed by atoms with Crippen molar-refractivity contribution in [2.45, 2.75) is 38.5 Å². The van der Waals surface area contributed by atoms with Gasteiger partial charge >= 0.3 is 0 Å². The van der Waals surface area contributed by atoms with Gasteiger partial charge in [0.2, 0.25) is 0 Å². The molecular weight excluding hydrogens is 1720 g/mol. The molecule has 9 heteroatoms. The van der Waals surface area contributed by atoms with Crippen molar-refractivity contribution in [2.75, 3.05) is 0 Å². The second-order valence-electron chi connectivity index (χ2n) is 37.5. The van der Waals surface area contributed by atoms with E-state index in [0.29, 0.717) is 52.4 Å². The van der Waals surface area contributed by atoms with Crippen LogP contribution in [-0.4, -0.2) is 44.9 Å². The molecule has 0 N–H and O–H groups in total. The first kappa shape index (κ1) is 86.5. The Hall–Kier alpha value is -18.3. The minimum atomic E-state index is -0.163. The van der Waals surface area contributed by atoms with Gasteiger partial charge in [0.15, 0.2) is 52.4 Å². The first-order valence-electron chi connectivity index (χ1n) is 48.3. The third-order valence-corrected chi connectivity index (χ3v) is 28.1. The molecule has 21 aromatic carbocycles. The Morgan fingerprint density at radius 2 is 0.310 bits per heavy atom. The van der Waals surface area contributed by atoms with Gasteiger partial charge in [0.1, 0.15) is 0 Å². The molecule has 2 aliphatic rings. The van der Waals surface area contributed by atoms with E-state index in [-0.39, 0.29) is 10.8 Å². The van der Waals surface area contributed by atoms with Gasteiger partial charge in [0.25, 0.3) is 0 Å². The van der Waals surface area contributed by atoms with Gasteiger partial charge < -0.3 is 0 Å². The predicted molar refractivity (Wildman–Crippen MR) is 586 cm³/mol. The minimum absolute atomic E-state index is 0.110. The van der Waals surface area contributed by atoms with Crippen molar-refractivity contribution in [3.63, 3.8) is 0 Å². The molecule has 0 bridgehead atoms. The molecular formula is C133H93N9. The number of hydrogen-bond donors (Lipinski definition) is 0. The fraction of sp³-hybridized carbons (Fsp3) is 0.0451. The lowest BCUT2D eigenvalue weighted by Gasteiger charge is -2.22. The summed E-state index contributed by atoms with van der Waals surface area (Å²) in [6.45, 7) is 9.24. The van der Waals surface area contributed by atoms with Crippen LogP contribution < -0.4 is 0 Å². The summed E-state index contributed by atoms with van der Waals surface area (Å²) in [6.07, 6.45) is 0. The van der Waals surface area contributed by atoms with Crippen LogP contribution in [-0.2, 0) is 10.8 Å². The van der Waals surface area contributed by atoms with Crippen LogP contribution in [0.5, 0.6) is 0 Å². The third kappa shape index (κ3) is 16.8. The Morgan fingerprint density at radius 1 is 0.120 bits per heavy atom.